The number of rotatable bonds is 11. The summed E-state index contributed by atoms with van der Waals surface area (Å²) in [5, 5.41) is 18.8. The van der Waals surface area contributed by atoms with Crippen LogP contribution in [0.1, 0.15) is 26.7 Å². The molecule has 4 heterocycles. The molecule has 5 rings (SSSR count). The fourth-order valence-electron chi connectivity index (χ4n) is 6.58. The lowest BCUT2D eigenvalue weighted by atomic mass is 9.70. The maximum absolute atomic E-state index is 14.5. The van der Waals surface area contributed by atoms with Gasteiger partial charge in [-0.25, -0.2) is 4.68 Å². The van der Waals surface area contributed by atoms with Crippen LogP contribution in [0, 0.1) is 17.8 Å². The summed E-state index contributed by atoms with van der Waals surface area (Å²) in [6.07, 6.45) is 3.53. The number of ether oxygens (including phenoxy) is 2. The molecule has 2 aromatic rings. The van der Waals surface area contributed by atoms with Crippen LogP contribution in [-0.4, -0.2) is 91.2 Å². The number of carbonyl (C=O) groups excluding carboxylic acids is 3. The molecule has 1 aromatic heterocycles. The summed E-state index contributed by atoms with van der Waals surface area (Å²) in [5.41, 5.74) is 0.245. The number of esters is 1. The van der Waals surface area contributed by atoms with Crippen LogP contribution in [0.15, 0.2) is 49.6 Å². The lowest BCUT2D eigenvalue weighted by Gasteiger charge is -2.40. The molecule has 11 nitrogen and oxygen atoms in total. The van der Waals surface area contributed by atoms with Crippen molar-refractivity contribution < 1.29 is 29.0 Å². The predicted molar refractivity (Wildman–Crippen MR) is 141 cm³/mol. The molecular formula is C28H35N5O6. The second-order valence-electron chi connectivity index (χ2n) is 10.8. The molecule has 3 aliphatic rings. The highest BCUT2D eigenvalue weighted by Crippen LogP contribution is 2.59. The second-order valence-corrected chi connectivity index (χ2v) is 10.8. The average Bonchev–Trinajstić information content (AvgIpc) is 3.67. The molecule has 1 N–H and O–H groups in total. The topological polar surface area (TPSA) is 127 Å². The van der Waals surface area contributed by atoms with Crippen LogP contribution < -0.4 is 0 Å². The second kappa shape index (κ2) is 10.5. The van der Waals surface area contributed by atoms with E-state index in [1.165, 1.54) is 11.0 Å². The van der Waals surface area contributed by atoms with E-state index in [1.54, 1.807) is 15.7 Å². The molecule has 3 aliphatic heterocycles. The number of fused-ring (bicyclic) bond motifs is 2. The van der Waals surface area contributed by atoms with Crippen LogP contribution >= 0.6 is 0 Å². The quantitative estimate of drug-likeness (QED) is 0.338. The van der Waals surface area contributed by atoms with Crippen molar-refractivity contribution in [2.75, 3.05) is 19.8 Å². The van der Waals surface area contributed by atoms with E-state index in [-0.39, 0.29) is 44.2 Å². The summed E-state index contributed by atoms with van der Waals surface area (Å²) in [4.78, 5) is 44.8. The molecule has 208 valence electrons. The Hall–Kier alpha value is -3.57. The number of amides is 2. The van der Waals surface area contributed by atoms with Crippen molar-refractivity contribution in [2.24, 2.45) is 17.8 Å². The Morgan fingerprint density at radius 3 is 2.77 bits per heavy atom. The van der Waals surface area contributed by atoms with Gasteiger partial charge in [0.2, 0.25) is 11.8 Å². The van der Waals surface area contributed by atoms with Gasteiger partial charge in [-0.3, -0.25) is 14.4 Å². The van der Waals surface area contributed by atoms with Crippen molar-refractivity contribution in [1.29, 1.82) is 0 Å². The van der Waals surface area contributed by atoms with E-state index in [4.69, 9.17) is 9.47 Å². The van der Waals surface area contributed by atoms with Gasteiger partial charge < -0.3 is 24.4 Å². The molecule has 0 radical (unpaired) electrons. The molecule has 3 saturated heterocycles. The highest BCUT2D eigenvalue weighted by Gasteiger charge is 2.75. The zero-order valence-electron chi connectivity index (χ0n) is 22.3. The van der Waals surface area contributed by atoms with Gasteiger partial charge in [0.05, 0.1) is 36.1 Å². The van der Waals surface area contributed by atoms with Crippen molar-refractivity contribution in [3.05, 3.63) is 49.6 Å². The van der Waals surface area contributed by atoms with Crippen LogP contribution in [-0.2, 0) is 30.5 Å². The maximum atomic E-state index is 14.5. The zero-order valence-corrected chi connectivity index (χ0v) is 22.3. The molecule has 11 heteroatoms. The van der Waals surface area contributed by atoms with Crippen molar-refractivity contribution in [3.63, 3.8) is 0 Å². The van der Waals surface area contributed by atoms with E-state index in [9.17, 15) is 19.5 Å². The number of benzene rings is 1. The fourth-order valence-corrected chi connectivity index (χ4v) is 6.58. The molecule has 6 atom stereocenters. The third-order valence-electron chi connectivity index (χ3n) is 8.29. The van der Waals surface area contributed by atoms with E-state index in [0.29, 0.717) is 18.4 Å². The number of para-hydroxylation sites is 1. The van der Waals surface area contributed by atoms with E-state index < -0.39 is 41.6 Å². The number of likely N-dealkylation sites (tertiary alicyclic amines) is 1. The summed E-state index contributed by atoms with van der Waals surface area (Å²) >= 11 is 0. The first-order chi connectivity index (χ1) is 18.8. The Kier molecular flexibility index (Phi) is 7.30. The SMILES string of the molecule is C=CCOC(=O)[C@@H]1[C@@H]2CCC3(O2)C(C(=O)N(CC=C)Cn2nnc4ccccc42)N([C@@H](CO)C(C)C)C(=O)[C@H]13. The number of aliphatic hydroxyl groups is 1. The first-order valence-electron chi connectivity index (χ1n) is 13.3. The van der Waals surface area contributed by atoms with Gasteiger partial charge >= 0.3 is 5.97 Å². The minimum absolute atomic E-state index is 0.0201. The average molecular weight is 538 g/mol. The van der Waals surface area contributed by atoms with Gasteiger partial charge in [-0.1, -0.05) is 49.9 Å². The lowest BCUT2D eigenvalue weighted by Crippen LogP contribution is -2.59. The van der Waals surface area contributed by atoms with Gasteiger partial charge in [0.15, 0.2) is 0 Å². The van der Waals surface area contributed by atoms with Gasteiger partial charge in [-0.05, 0) is 30.9 Å². The Balaban J connectivity index is 1.55. The highest BCUT2D eigenvalue weighted by molar-refractivity contribution is 5.98. The molecule has 1 aromatic carbocycles. The molecule has 2 amide bonds. The zero-order chi connectivity index (χ0) is 27.9. The van der Waals surface area contributed by atoms with Gasteiger partial charge in [0.1, 0.15) is 30.4 Å². The highest BCUT2D eigenvalue weighted by atomic mass is 16.6. The Bertz CT molecular complexity index is 1290. The summed E-state index contributed by atoms with van der Waals surface area (Å²) in [7, 11) is 0. The number of nitrogens with zero attached hydrogens (tertiary/aromatic N) is 5. The van der Waals surface area contributed by atoms with E-state index in [0.717, 1.165) is 5.52 Å². The standard InChI is InChI=1S/C28H35N5O6/c1-5-13-31(16-32-19-10-8-7-9-18(19)29-30-32)26(36)24-28-12-11-21(39-28)22(27(37)38-14-6-2)23(28)25(35)33(24)20(15-34)17(3)4/h5-10,17,20-24,34H,1-2,11-16H2,3-4H3/t20-,21-,22+,23-,24?,28?/m0/s1. The van der Waals surface area contributed by atoms with Crippen LogP contribution in [0.4, 0.5) is 0 Å². The predicted octanol–water partition coefficient (Wildman–Crippen LogP) is 1.52. The normalized spacial score (nSPS) is 28.1. The number of hydrogen-bond donors (Lipinski definition) is 1. The van der Waals surface area contributed by atoms with Crippen molar-refractivity contribution in [3.8, 4) is 0 Å². The minimum atomic E-state index is -1.21. The molecular weight excluding hydrogens is 502 g/mol. The molecule has 2 unspecified atom stereocenters. The summed E-state index contributed by atoms with van der Waals surface area (Å²) in [5.74, 6) is -3.12. The molecule has 2 bridgehead atoms. The molecule has 1 spiro atoms. The Labute approximate surface area is 227 Å². The van der Waals surface area contributed by atoms with Gasteiger partial charge in [0, 0.05) is 6.54 Å². The van der Waals surface area contributed by atoms with E-state index in [2.05, 4.69) is 23.5 Å². The smallest absolute Gasteiger partial charge is 0.312 e. The maximum Gasteiger partial charge on any atom is 0.312 e. The summed E-state index contributed by atoms with van der Waals surface area (Å²) < 4.78 is 13.4. The van der Waals surface area contributed by atoms with Crippen LogP contribution in [0.5, 0.6) is 0 Å². The fraction of sp³-hybridized carbons (Fsp3) is 0.536. The summed E-state index contributed by atoms with van der Waals surface area (Å²) in [6.45, 7) is 11.1. The first kappa shape index (κ1) is 27.0. The van der Waals surface area contributed by atoms with Crippen LogP contribution in [0.3, 0.4) is 0 Å². The first-order valence-corrected chi connectivity index (χ1v) is 13.3. The molecule has 0 aliphatic carbocycles. The lowest BCUT2D eigenvalue weighted by molar-refractivity contribution is -0.156. The van der Waals surface area contributed by atoms with Crippen molar-refractivity contribution in [2.45, 2.75) is 57.1 Å². The van der Waals surface area contributed by atoms with Gasteiger partial charge in [-0.15, -0.1) is 11.7 Å². The number of aromatic nitrogens is 3. The molecule has 3 fully saturated rings. The van der Waals surface area contributed by atoms with E-state index >= 15 is 0 Å². The minimum Gasteiger partial charge on any atom is -0.461 e. The third kappa shape index (κ3) is 4.24. The number of aliphatic hydroxyl groups excluding tert-OH is 1. The monoisotopic (exact) mass is 537 g/mol. The molecule has 39 heavy (non-hydrogen) atoms. The largest absolute Gasteiger partial charge is 0.461 e. The number of carbonyl (C=O) groups is 3. The Morgan fingerprint density at radius 1 is 1.31 bits per heavy atom. The Morgan fingerprint density at radius 2 is 2.08 bits per heavy atom. The van der Waals surface area contributed by atoms with E-state index in [1.807, 2.05) is 38.1 Å². The molecule has 0 saturated carbocycles. The number of hydrogen-bond acceptors (Lipinski definition) is 8. The van der Waals surface area contributed by atoms with Crippen LogP contribution in [0.2, 0.25) is 0 Å². The van der Waals surface area contributed by atoms with Crippen molar-refractivity contribution >= 4 is 28.8 Å². The third-order valence-corrected chi connectivity index (χ3v) is 8.29. The van der Waals surface area contributed by atoms with Gasteiger partial charge in [0.25, 0.3) is 0 Å². The van der Waals surface area contributed by atoms with Gasteiger partial charge in [-0.2, -0.15) is 0 Å². The van der Waals surface area contributed by atoms with Crippen LogP contribution in [0.25, 0.3) is 11.0 Å². The summed E-state index contributed by atoms with van der Waals surface area (Å²) in [6, 6.07) is 5.76. The van der Waals surface area contributed by atoms with Crippen molar-refractivity contribution in [1.82, 2.24) is 24.8 Å².